The maximum atomic E-state index is 11.9. The van der Waals surface area contributed by atoms with Gasteiger partial charge in [0.2, 0.25) is 10.0 Å². The van der Waals surface area contributed by atoms with Gasteiger partial charge in [-0.25, -0.2) is 13.1 Å². The molecule has 7 heteroatoms. The first-order valence-electron chi connectivity index (χ1n) is 5.59. The van der Waals surface area contributed by atoms with E-state index in [4.69, 9.17) is 16.3 Å². The fourth-order valence-electron chi connectivity index (χ4n) is 1.75. The van der Waals surface area contributed by atoms with Gasteiger partial charge in [-0.1, -0.05) is 11.6 Å². The van der Waals surface area contributed by atoms with Crippen LogP contribution < -0.4 is 4.72 Å². The van der Waals surface area contributed by atoms with E-state index in [1.165, 1.54) is 12.1 Å². The van der Waals surface area contributed by atoms with Crippen molar-refractivity contribution in [1.82, 2.24) is 4.72 Å². The van der Waals surface area contributed by atoms with E-state index in [-0.39, 0.29) is 28.3 Å². The van der Waals surface area contributed by atoms with Gasteiger partial charge in [0, 0.05) is 19.2 Å². The second-order valence-electron chi connectivity index (χ2n) is 4.10. The van der Waals surface area contributed by atoms with Gasteiger partial charge in [0.25, 0.3) is 0 Å². The summed E-state index contributed by atoms with van der Waals surface area (Å²) >= 11 is 5.63. The zero-order chi connectivity index (χ0) is 13.2. The van der Waals surface area contributed by atoms with E-state index in [1.807, 2.05) is 0 Å². The predicted octanol–water partition coefficient (Wildman–Crippen LogP) is 1.50. The number of ether oxygens (including phenoxy) is 1. The molecule has 0 spiro atoms. The van der Waals surface area contributed by atoms with Crippen LogP contribution in [0.2, 0.25) is 5.02 Å². The molecule has 2 N–H and O–H groups in total. The summed E-state index contributed by atoms with van der Waals surface area (Å²) in [6.45, 7) is 0.917. The lowest BCUT2D eigenvalue weighted by atomic mass is 10.2. The lowest BCUT2D eigenvalue weighted by Gasteiger charge is -2.11. The summed E-state index contributed by atoms with van der Waals surface area (Å²) in [5, 5.41) is 9.51. The minimum atomic E-state index is -3.64. The van der Waals surface area contributed by atoms with E-state index in [0.29, 0.717) is 6.61 Å². The number of rotatable bonds is 4. The van der Waals surface area contributed by atoms with Gasteiger partial charge in [-0.15, -0.1) is 0 Å². The Kier molecular flexibility index (Phi) is 4.11. The number of phenolic OH excluding ortho intramolecular Hbond substituents is 1. The van der Waals surface area contributed by atoms with Gasteiger partial charge < -0.3 is 9.84 Å². The number of halogens is 1. The molecule has 1 unspecified atom stereocenters. The minimum Gasteiger partial charge on any atom is -0.506 e. The van der Waals surface area contributed by atoms with E-state index >= 15 is 0 Å². The summed E-state index contributed by atoms with van der Waals surface area (Å²) in [7, 11) is -3.64. The van der Waals surface area contributed by atoms with Crippen LogP contribution >= 0.6 is 11.6 Å². The third-order valence-electron chi connectivity index (χ3n) is 2.75. The van der Waals surface area contributed by atoms with E-state index in [1.54, 1.807) is 0 Å². The van der Waals surface area contributed by atoms with Crippen molar-refractivity contribution in [1.29, 1.82) is 0 Å². The van der Waals surface area contributed by atoms with Gasteiger partial charge in [0.05, 0.1) is 16.0 Å². The molecular weight excluding hydrogens is 278 g/mol. The van der Waals surface area contributed by atoms with Crippen LogP contribution in [-0.4, -0.2) is 32.8 Å². The van der Waals surface area contributed by atoms with Crippen molar-refractivity contribution in [3.8, 4) is 5.75 Å². The van der Waals surface area contributed by atoms with Crippen LogP contribution in [0.5, 0.6) is 5.75 Å². The zero-order valence-corrected chi connectivity index (χ0v) is 11.2. The molecule has 1 aromatic rings. The fraction of sp³-hybridized carbons (Fsp3) is 0.455. The largest absolute Gasteiger partial charge is 0.506 e. The zero-order valence-electron chi connectivity index (χ0n) is 9.60. The van der Waals surface area contributed by atoms with Crippen molar-refractivity contribution < 1.29 is 18.3 Å². The minimum absolute atomic E-state index is 0.0117. The molecule has 1 fully saturated rings. The SMILES string of the molecule is O=S(=O)(NCC1CCCO1)c1ccc(Cl)c(O)c1. The van der Waals surface area contributed by atoms with Crippen molar-refractivity contribution >= 4 is 21.6 Å². The monoisotopic (exact) mass is 291 g/mol. The highest BCUT2D eigenvalue weighted by Gasteiger charge is 2.20. The fourth-order valence-corrected chi connectivity index (χ4v) is 2.95. The number of nitrogens with one attached hydrogen (secondary N) is 1. The second kappa shape index (κ2) is 5.44. The maximum Gasteiger partial charge on any atom is 0.240 e. The van der Waals surface area contributed by atoms with Crippen molar-refractivity contribution in [3.63, 3.8) is 0 Å². The number of hydrogen-bond acceptors (Lipinski definition) is 4. The average Bonchev–Trinajstić information content (AvgIpc) is 2.83. The molecule has 18 heavy (non-hydrogen) atoms. The first-order chi connectivity index (χ1) is 8.49. The Hall–Kier alpha value is -0.820. The predicted molar refractivity (Wildman–Crippen MR) is 67.3 cm³/mol. The van der Waals surface area contributed by atoms with Gasteiger partial charge in [0.1, 0.15) is 5.75 Å². The van der Waals surface area contributed by atoms with E-state index in [0.717, 1.165) is 18.9 Å². The summed E-state index contributed by atoms with van der Waals surface area (Å²) in [6, 6.07) is 3.82. The Morgan fingerprint density at radius 1 is 1.50 bits per heavy atom. The van der Waals surface area contributed by atoms with Crippen molar-refractivity contribution in [3.05, 3.63) is 23.2 Å². The van der Waals surface area contributed by atoms with Crippen LogP contribution in [0.3, 0.4) is 0 Å². The molecule has 1 heterocycles. The molecule has 0 aliphatic carbocycles. The Bertz CT molecular complexity index is 526. The number of sulfonamides is 1. The first-order valence-corrected chi connectivity index (χ1v) is 7.45. The molecule has 100 valence electrons. The Balaban J connectivity index is 2.07. The molecular formula is C11H14ClNO4S. The molecule has 0 radical (unpaired) electrons. The molecule has 1 saturated heterocycles. The quantitative estimate of drug-likeness (QED) is 0.881. The number of hydrogen-bond donors (Lipinski definition) is 2. The first kappa shape index (κ1) is 13.6. The highest BCUT2D eigenvalue weighted by Crippen LogP contribution is 2.25. The molecule has 5 nitrogen and oxygen atoms in total. The van der Waals surface area contributed by atoms with E-state index in [9.17, 15) is 13.5 Å². The third-order valence-corrected chi connectivity index (χ3v) is 4.49. The lowest BCUT2D eigenvalue weighted by Crippen LogP contribution is -2.31. The summed E-state index contributed by atoms with van der Waals surface area (Å²) in [6.07, 6.45) is 1.74. The molecule has 0 saturated carbocycles. The van der Waals surface area contributed by atoms with E-state index < -0.39 is 10.0 Å². The second-order valence-corrected chi connectivity index (χ2v) is 6.27. The number of benzene rings is 1. The Morgan fingerprint density at radius 2 is 2.28 bits per heavy atom. The molecule has 1 aliphatic rings. The van der Waals surface area contributed by atoms with E-state index in [2.05, 4.69) is 4.72 Å². The summed E-state index contributed by atoms with van der Waals surface area (Å²) in [5.41, 5.74) is 0. The van der Waals surface area contributed by atoms with Crippen LogP contribution in [-0.2, 0) is 14.8 Å². The molecule has 1 atom stereocenters. The summed E-state index contributed by atoms with van der Waals surface area (Å²) in [5.74, 6) is -0.253. The molecule has 0 bridgehead atoms. The summed E-state index contributed by atoms with van der Waals surface area (Å²) in [4.78, 5) is -0.0117. The standard InChI is InChI=1S/C11H14ClNO4S/c12-10-4-3-9(6-11(10)14)18(15,16)13-7-8-2-1-5-17-8/h3-4,6,8,13-14H,1-2,5,7H2. The van der Waals surface area contributed by atoms with Crippen molar-refractivity contribution in [2.24, 2.45) is 0 Å². The molecule has 2 rings (SSSR count). The van der Waals surface area contributed by atoms with Crippen LogP contribution in [0, 0.1) is 0 Å². The smallest absolute Gasteiger partial charge is 0.240 e. The highest BCUT2D eigenvalue weighted by molar-refractivity contribution is 7.89. The third kappa shape index (κ3) is 3.14. The van der Waals surface area contributed by atoms with Gasteiger partial charge >= 0.3 is 0 Å². The van der Waals surface area contributed by atoms with Crippen LogP contribution in [0.15, 0.2) is 23.1 Å². The number of aromatic hydroxyl groups is 1. The van der Waals surface area contributed by atoms with Gasteiger partial charge in [-0.05, 0) is 25.0 Å². The number of phenols is 1. The van der Waals surface area contributed by atoms with Crippen LogP contribution in [0.4, 0.5) is 0 Å². The van der Waals surface area contributed by atoms with Gasteiger partial charge in [-0.2, -0.15) is 0 Å². The van der Waals surface area contributed by atoms with Crippen LogP contribution in [0.25, 0.3) is 0 Å². The normalized spacial score (nSPS) is 20.2. The van der Waals surface area contributed by atoms with Gasteiger partial charge in [-0.3, -0.25) is 0 Å². The molecule has 0 aromatic heterocycles. The molecule has 1 aliphatic heterocycles. The van der Waals surface area contributed by atoms with Crippen LogP contribution in [0.1, 0.15) is 12.8 Å². The van der Waals surface area contributed by atoms with Crippen molar-refractivity contribution in [2.75, 3.05) is 13.2 Å². The molecule has 0 amide bonds. The summed E-state index contributed by atoms with van der Waals surface area (Å²) < 4.78 is 31.6. The van der Waals surface area contributed by atoms with Gasteiger partial charge in [0.15, 0.2) is 0 Å². The highest BCUT2D eigenvalue weighted by atomic mass is 35.5. The molecule has 1 aromatic carbocycles. The lowest BCUT2D eigenvalue weighted by molar-refractivity contribution is 0.114. The topological polar surface area (TPSA) is 75.6 Å². The van der Waals surface area contributed by atoms with Crippen molar-refractivity contribution in [2.45, 2.75) is 23.8 Å². The maximum absolute atomic E-state index is 11.9. The Morgan fingerprint density at radius 3 is 2.89 bits per heavy atom. The average molecular weight is 292 g/mol. The Labute approximate surface area is 111 Å².